The number of primary amides is 1. The number of rotatable bonds is 4. The van der Waals surface area contributed by atoms with Gasteiger partial charge in [-0.3, -0.25) is 4.79 Å². The lowest BCUT2D eigenvalue weighted by Crippen LogP contribution is -2.50. The highest BCUT2D eigenvalue weighted by Gasteiger charge is 2.27. The van der Waals surface area contributed by atoms with Crippen molar-refractivity contribution in [1.29, 1.82) is 0 Å². The lowest BCUT2D eigenvalue weighted by molar-refractivity contribution is -0.134. The third-order valence-corrected chi connectivity index (χ3v) is 3.85. The van der Waals surface area contributed by atoms with Crippen LogP contribution in [0.1, 0.15) is 24.8 Å². The van der Waals surface area contributed by atoms with Crippen molar-refractivity contribution in [2.75, 3.05) is 13.1 Å². The van der Waals surface area contributed by atoms with Crippen molar-refractivity contribution in [1.82, 2.24) is 10.2 Å². The summed E-state index contributed by atoms with van der Waals surface area (Å²) in [4.78, 5) is 24.8. The van der Waals surface area contributed by atoms with Crippen LogP contribution in [0.5, 0.6) is 0 Å². The van der Waals surface area contributed by atoms with Crippen molar-refractivity contribution in [3.05, 3.63) is 35.4 Å². The van der Waals surface area contributed by atoms with Crippen LogP contribution in [-0.2, 0) is 11.2 Å². The number of urea groups is 1. The van der Waals surface area contributed by atoms with Gasteiger partial charge in [0, 0.05) is 24.7 Å². The number of amides is 3. The Morgan fingerprint density at radius 3 is 2.59 bits per heavy atom. The number of nitrogens with two attached hydrogens (primary N) is 1. The van der Waals surface area contributed by atoms with Gasteiger partial charge in [-0.2, -0.15) is 0 Å². The Labute approximate surface area is 127 Å². The number of carbonyl (C=O) groups is 2. The number of halogens is 2. The Morgan fingerprint density at radius 2 is 1.95 bits per heavy atom. The highest BCUT2D eigenvalue weighted by molar-refractivity contribution is 5.79. The predicted octanol–water partition coefficient (Wildman–Crippen LogP) is 1.56. The lowest BCUT2D eigenvalue weighted by atomic mass is 10.0. The maximum Gasteiger partial charge on any atom is 0.312 e. The van der Waals surface area contributed by atoms with Crippen LogP contribution in [0.4, 0.5) is 13.6 Å². The second kappa shape index (κ2) is 7.20. The number of likely N-dealkylation sites (tertiary alicyclic amines) is 1. The van der Waals surface area contributed by atoms with Crippen molar-refractivity contribution >= 4 is 11.9 Å². The van der Waals surface area contributed by atoms with E-state index in [0.717, 1.165) is 31.4 Å². The zero-order valence-electron chi connectivity index (χ0n) is 12.1. The van der Waals surface area contributed by atoms with E-state index in [0.29, 0.717) is 6.54 Å². The fourth-order valence-electron chi connectivity index (χ4n) is 2.71. The summed E-state index contributed by atoms with van der Waals surface area (Å²) in [7, 11) is 0. The molecule has 2 rings (SSSR count). The topological polar surface area (TPSA) is 75.4 Å². The molecule has 0 unspecified atom stereocenters. The Morgan fingerprint density at radius 1 is 1.27 bits per heavy atom. The molecule has 0 spiro atoms. The van der Waals surface area contributed by atoms with E-state index < -0.39 is 17.7 Å². The van der Waals surface area contributed by atoms with Gasteiger partial charge in [-0.15, -0.1) is 0 Å². The minimum Gasteiger partial charge on any atom is -0.352 e. The molecule has 1 heterocycles. The lowest BCUT2D eigenvalue weighted by Gasteiger charge is -2.36. The first-order valence-electron chi connectivity index (χ1n) is 7.24. The molecule has 120 valence electrons. The molecular formula is C15H19F2N3O2. The average Bonchev–Trinajstić information content (AvgIpc) is 2.49. The minimum atomic E-state index is -0.725. The summed E-state index contributed by atoms with van der Waals surface area (Å²) in [5, 5.41) is 2.48. The van der Waals surface area contributed by atoms with Gasteiger partial charge >= 0.3 is 6.03 Å². The van der Waals surface area contributed by atoms with Crippen LogP contribution in [0.3, 0.4) is 0 Å². The zero-order valence-corrected chi connectivity index (χ0v) is 12.1. The Hall–Kier alpha value is -2.18. The summed E-state index contributed by atoms with van der Waals surface area (Å²) in [6, 6.07) is 2.68. The summed E-state index contributed by atoms with van der Waals surface area (Å²) < 4.78 is 27.3. The Kier molecular flexibility index (Phi) is 5.30. The molecule has 1 aliphatic heterocycles. The largest absolute Gasteiger partial charge is 0.352 e. The van der Waals surface area contributed by atoms with Gasteiger partial charge in [-0.25, -0.2) is 13.6 Å². The van der Waals surface area contributed by atoms with E-state index in [1.807, 2.05) is 0 Å². The molecule has 1 aromatic carbocycles. The van der Waals surface area contributed by atoms with Crippen molar-refractivity contribution in [2.45, 2.75) is 31.7 Å². The third-order valence-electron chi connectivity index (χ3n) is 3.85. The first-order chi connectivity index (χ1) is 10.5. The van der Waals surface area contributed by atoms with Crippen LogP contribution in [0.15, 0.2) is 18.2 Å². The van der Waals surface area contributed by atoms with Crippen molar-refractivity contribution in [3.8, 4) is 0 Å². The number of benzene rings is 1. The van der Waals surface area contributed by atoms with E-state index in [1.165, 1.54) is 6.07 Å². The standard InChI is InChI=1S/C15H19F2N3O2/c16-12-5-3-6-13(17)11(12)8-14(21)20-7-2-1-4-10(20)9-19-15(18)22/h3,5-6,10H,1-2,4,7-9H2,(H3,18,19,22)/t10-/m0/s1. The molecule has 0 radical (unpaired) electrons. The second-order valence-electron chi connectivity index (χ2n) is 5.36. The summed E-state index contributed by atoms with van der Waals surface area (Å²) in [6.07, 6.45) is 2.17. The van der Waals surface area contributed by atoms with Gasteiger partial charge in [0.25, 0.3) is 0 Å². The molecule has 1 saturated heterocycles. The van der Waals surface area contributed by atoms with Crippen LogP contribution in [0, 0.1) is 11.6 Å². The number of piperidine rings is 1. The molecule has 3 N–H and O–H groups in total. The van der Waals surface area contributed by atoms with Crippen molar-refractivity contribution in [2.24, 2.45) is 5.73 Å². The van der Waals surface area contributed by atoms with Gasteiger partial charge in [0.15, 0.2) is 0 Å². The summed E-state index contributed by atoms with van der Waals surface area (Å²) in [6.45, 7) is 0.765. The number of hydrogen-bond donors (Lipinski definition) is 2. The maximum absolute atomic E-state index is 13.6. The molecule has 0 saturated carbocycles. The van der Waals surface area contributed by atoms with E-state index >= 15 is 0 Å². The first kappa shape index (κ1) is 16.2. The molecule has 7 heteroatoms. The van der Waals surface area contributed by atoms with Crippen LogP contribution in [0.2, 0.25) is 0 Å². The van der Waals surface area contributed by atoms with Crippen molar-refractivity contribution < 1.29 is 18.4 Å². The van der Waals surface area contributed by atoms with Gasteiger partial charge in [0.1, 0.15) is 11.6 Å². The predicted molar refractivity (Wildman–Crippen MR) is 77.0 cm³/mol. The quantitative estimate of drug-likeness (QED) is 0.885. The fourth-order valence-corrected chi connectivity index (χ4v) is 2.71. The maximum atomic E-state index is 13.6. The summed E-state index contributed by atoms with van der Waals surface area (Å²) >= 11 is 0. The minimum absolute atomic E-state index is 0.191. The van der Waals surface area contributed by atoms with Gasteiger partial charge in [0.05, 0.1) is 6.42 Å². The third kappa shape index (κ3) is 3.93. The highest BCUT2D eigenvalue weighted by Crippen LogP contribution is 2.20. The average molecular weight is 311 g/mol. The van der Waals surface area contributed by atoms with Crippen molar-refractivity contribution in [3.63, 3.8) is 0 Å². The Bertz CT molecular complexity index is 545. The van der Waals surface area contributed by atoms with E-state index in [9.17, 15) is 18.4 Å². The van der Waals surface area contributed by atoms with Crippen LogP contribution in [0.25, 0.3) is 0 Å². The van der Waals surface area contributed by atoms with E-state index in [-0.39, 0.29) is 30.5 Å². The molecule has 0 bridgehead atoms. The van der Waals surface area contributed by atoms with Gasteiger partial charge < -0.3 is 16.0 Å². The Balaban J connectivity index is 2.07. The highest BCUT2D eigenvalue weighted by atomic mass is 19.1. The summed E-state index contributed by atoms with van der Waals surface area (Å²) in [5.41, 5.74) is 4.82. The number of nitrogens with one attached hydrogen (secondary N) is 1. The molecule has 22 heavy (non-hydrogen) atoms. The molecule has 5 nitrogen and oxygen atoms in total. The molecule has 0 aliphatic carbocycles. The van der Waals surface area contributed by atoms with Crippen LogP contribution in [-0.4, -0.2) is 36.0 Å². The zero-order chi connectivity index (χ0) is 16.1. The molecular weight excluding hydrogens is 292 g/mol. The second-order valence-corrected chi connectivity index (χ2v) is 5.36. The smallest absolute Gasteiger partial charge is 0.312 e. The van der Waals surface area contributed by atoms with E-state index in [2.05, 4.69) is 5.32 Å². The van der Waals surface area contributed by atoms with Gasteiger partial charge in [-0.1, -0.05) is 6.07 Å². The first-order valence-corrected chi connectivity index (χ1v) is 7.24. The normalized spacial score (nSPS) is 18.1. The number of carbonyl (C=O) groups excluding carboxylic acids is 2. The van der Waals surface area contributed by atoms with Crippen LogP contribution >= 0.6 is 0 Å². The van der Waals surface area contributed by atoms with Gasteiger partial charge in [0.2, 0.25) is 5.91 Å². The van der Waals surface area contributed by atoms with Gasteiger partial charge in [-0.05, 0) is 31.4 Å². The molecule has 1 fully saturated rings. The number of hydrogen-bond acceptors (Lipinski definition) is 2. The molecule has 1 aliphatic rings. The van der Waals surface area contributed by atoms with E-state index in [4.69, 9.17) is 5.73 Å². The molecule has 0 aromatic heterocycles. The molecule has 3 amide bonds. The molecule has 1 aromatic rings. The summed E-state index contributed by atoms with van der Waals surface area (Å²) in [5.74, 6) is -1.80. The molecule has 1 atom stereocenters. The van der Waals surface area contributed by atoms with E-state index in [1.54, 1.807) is 4.90 Å². The van der Waals surface area contributed by atoms with Crippen LogP contribution < -0.4 is 11.1 Å². The fraction of sp³-hybridized carbons (Fsp3) is 0.467. The number of nitrogens with zero attached hydrogens (tertiary/aromatic N) is 1. The SMILES string of the molecule is NC(=O)NC[C@@H]1CCCCN1C(=O)Cc1c(F)cccc1F. The monoisotopic (exact) mass is 311 g/mol.